The minimum absolute atomic E-state index is 0.308. The van der Waals surface area contributed by atoms with Gasteiger partial charge in [0.15, 0.2) is 11.6 Å². The molecule has 2 fully saturated rings. The predicted molar refractivity (Wildman–Crippen MR) is 161 cm³/mol. The van der Waals surface area contributed by atoms with E-state index in [4.69, 9.17) is 34.0 Å². The topological polar surface area (TPSA) is 88.7 Å². The van der Waals surface area contributed by atoms with E-state index >= 15 is 0 Å². The zero-order valence-electron chi connectivity index (χ0n) is 24.5. The average molecular weight is 577 g/mol. The first-order valence-electron chi connectivity index (χ1n) is 14.5. The molecule has 0 N–H and O–H groups in total. The minimum Gasteiger partial charge on any atom is -0.378 e. The lowest BCUT2D eigenvalue weighted by molar-refractivity contribution is -0.0935. The second-order valence-corrected chi connectivity index (χ2v) is 17.6. The summed E-state index contributed by atoms with van der Waals surface area (Å²) in [5.41, 5.74) is 4.09. The Morgan fingerprint density at radius 3 is 2.56 bits per heavy atom. The molecule has 41 heavy (non-hydrogen) atoms. The van der Waals surface area contributed by atoms with Gasteiger partial charge in [-0.3, -0.25) is 0 Å². The zero-order chi connectivity index (χ0) is 28.4. The Labute approximate surface area is 242 Å². The zero-order valence-corrected chi connectivity index (χ0v) is 25.5. The van der Waals surface area contributed by atoms with Crippen LogP contribution >= 0.6 is 0 Å². The summed E-state index contributed by atoms with van der Waals surface area (Å²) in [5.74, 6) is 2.19. The molecule has 0 amide bonds. The van der Waals surface area contributed by atoms with Crippen LogP contribution in [0.25, 0.3) is 28.0 Å². The lowest BCUT2D eigenvalue weighted by Crippen LogP contribution is -2.37. The molecule has 2 saturated heterocycles. The van der Waals surface area contributed by atoms with Crippen LogP contribution in [0, 0.1) is 6.92 Å². The van der Waals surface area contributed by atoms with Crippen molar-refractivity contribution >= 4 is 24.8 Å². The van der Waals surface area contributed by atoms with Gasteiger partial charge in [-0.05, 0) is 25.1 Å². The van der Waals surface area contributed by atoms with Crippen LogP contribution in [0.1, 0.15) is 17.6 Å². The van der Waals surface area contributed by atoms with Gasteiger partial charge < -0.3 is 28.4 Å². The van der Waals surface area contributed by atoms with E-state index in [0.717, 1.165) is 59.4 Å². The number of morpholine rings is 1. The van der Waals surface area contributed by atoms with Crippen LogP contribution in [0.15, 0.2) is 42.6 Å². The third-order valence-electron chi connectivity index (χ3n) is 7.55. The van der Waals surface area contributed by atoms with E-state index in [1.807, 2.05) is 10.7 Å². The van der Waals surface area contributed by atoms with Crippen molar-refractivity contribution in [2.24, 2.45) is 0 Å². The van der Waals surface area contributed by atoms with Gasteiger partial charge in [-0.15, -0.1) is 0 Å². The molecule has 1 aromatic carbocycles. The molecule has 5 heterocycles. The number of benzene rings is 1. The van der Waals surface area contributed by atoms with Gasteiger partial charge in [-0.2, -0.15) is 5.10 Å². The van der Waals surface area contributed by atoms with Crippen molar-refractivity contribution in [1.82, 2.24) is 24.3 Å². The second kappa shape index (κ2) is 12.0. The van der Waals surface area contributed by atoms with E-state index in [0.29, 0.717) is 51.4 Å². The van der Waals surface area contributed by atoms with Crippen molar-refractivity contribution in [3.05, 3.63) is 54.1 Å². The maximum absolute atomic E-state index is 6.11. The molecule has 0 saturated carbocycles. The normalized spacial score (nSPS) is 18.3. The molecule has 6 rings (SSSR count). The van der Waals surface area contributed by atoms with Crippen molar-refractivity contribution in [2.75, 3.05) is 57.6 Å². The highest BCUT2D eigenvalue weighted by Gasteiger charge is 2.24. The van der Waals surface area contributed by atoms with Gasteiger partial charge in [0.1, 0.15) is 18.7 Å². The van der Waals surface area contributed by atoms with E-state index in [1.165, 1.54) is 0 Å². The molecule has 3 aromatic heterocycles. The summed E-state index contributed by atoms with van der Waals surface area (Å²) in [7, 11) is -1.14. The van der Waals surface area contributed by atoms with E-state index in [2.05, 4.69) is 72.6 Å². The monoisotopic (exact) mass is 576 g/mol. The number of aromatic nitrogens is 5. The largest absolute Gasteiger partial charge is 0.378 e. The van der Waals surface area contributed by atoms with Crippen LogP contribution in [0.5, 0.6) is 0 Å². The molecule has 0 spiro atoms. The summed E-state index contributed by atoms with van der Waals surface area (Å²) in [6.45, 7) is 14.9. The lowest BCUT2D eigenvalue weighted by Gasteiger charge is -2.29. The van der Waals surface area contributed by atoms with Crippen LogP contribution in [0.4, 0.5) is 5.82 Å². The molecule has 11 heteroatoms. The first kappa shape index (κ1) is 28.0. The number of anilines is 1. The van der Waals surface area contributed by atoms with Crippen LogP contribution in [-0.4, -0.2) is 85.1 Å². The quantitative estimate of drug-likeness (QED) is 0.207. The molecule has 1 unspecified atom stereocenters. The van der Waals surface area contributed by atoms with Crippen molar-refractivity contribution in [3.63, 3.8) is 0 Å². The minimum atomic E-state index is -1.14. The van der Waals surface area contributed by atoms with E-state index in [1.54, 1.807) is 0 Å². The van der Waals surface area contributed by atoms with Crippen LogP contribution in [0.2, 0.25) is 25.7 Å². The van der Waals surface area contributed by atoms with E-state index < -0.39 is 8.07 Å². The molecule has 10 nitrogen and oxygen atoms in total. The highest BCUT2D eigenvalue weighted by atomic mass is 28.3. The highest BCUT2D eigenvalue weighted by molar-refractivity contribution is 6.76. The highest BCUT2D eigenvalue weighted by Crippen LogP contribution is 2.32. The third-order valence-corrected chi connectivity index (χ3v) is 9.26. The summed E-state index contributed by atoms with van der Waals surface area (Å²) >= 11 is 0. The van der Waals surface area contributed by atoms with Crippen LogP contribution in [0.3, 0.4) is 0 Å². The number of nitrogens with zero attached hydrogens (tertiary/aromatic N) is 6. The average Bonchev–Trinajstić information content (AvgIpc) is 3.56. The summed E-state index contributed by atoms with van der Waals surface area (Å²) in [4.78, 5) is 12.1. The molecule has 0 radical (unpaired) electrons. The van der Waals surface area contributed by atoms with E-state index in [9.17, 15) is 0 Å². The Morgan fingerprint density at radius 1 is 0.976 bits per heavy atom. The predicted octanol–water partition coefficient (Wildman–Crippen LogP) is 4.83. The molecule has 2 aliphatic rings. The van der Waals surface area contributed by atoms with Crippen molar-refractivity contribution in [1.29, 1.82) is 0 Å². The fourth-order valence-corrected chi connectivity index (χ4v) is 5.98. The number of hydrogen-bond donors (Lipinski definition) is 0. The summed E-state index contributed by atoms with van der Waals surface area (Å²) < 4.78 is 27.4. The Hall–Kier alpha value is -3.09. The van der Waals surface area contributed by atoms with Gasteiger partial charge in [0.25, 0.3) is 0 Å². The Morgan fingerprint density at radius 2 is 1.78 bits per heavy atom. The molecular weight excluding hydrogens is 536 g/mol. The first-order chi connectivity index (χ1) is 19.9. The Bertz CT molecular complexity index is 1450. The summed E-state index contributed by atoms with van der Waals surface area (Å²) in [6.07, 6.45) is 1.85. The smallest absolute Gasteiger partial charge is 0.164 e. The maximum atomic E-state index is 6.11. The van der Waals surface area contributed by atoms with Gasteiger partial charge in [-0.25, -0.2) is 14.6 Å². The summed E-state index contributed by atoms with van der Waals surface area (Å²) in [6, 6.07) is 13.7. The molecule has 2 aliphatic heterocycles. The molecule has 0 aliphatic carbocycles. The van der Waals surface area contributed by atoms with Crippen molar-refractivity contribution in [2.45, 2.75) is 45.4 Å². The maximum Gasteiger partial charge on any atom is 0.164 e. The van der Waals surface area contributed by atoms with Crippen molar-refractivity contribution < 1.29 is 18.9 Å². The van der Waals surface area contributed by atoms with Crippen LogP contribution < -0.4 is 4.90 Å². The van der Waals surface area contributed by atoms with Gasteiger partial charge in [0, 0.05) is 56.7 Å². The molecule has 0 bridgehead atoms. The van der Waals surface area contributed by atoms with Gasteiger partial charge in [0.05, 0.1) is 44.2 Å². The molecular formula is C30H40N6O4Si. The second-order valence-electron chi connectivity index (χ2n) is 11.9. The number of hydrogen-bond acceptors (Lipinski definition) is 8. The van der Waals surface area contributed by atoms with Crippen molar-refractivity contribution in [3.8, 4) is 17.1 Å². The summed E-state index contributed by atoms with van der Waals surface area (Å²) in [5, 5.41) is 6.23. The Balaban J connectivity index is 1.34. The van der Waals surface area contributed by atoms with Gasteiger partial charge >= 0.3 is 0 Å². The standard InChI is InChI=1S/C30H40N6O4Si/c1-22-17-25(24-19-35(21-39-15-16-41(2,3)4)26-8-6-5-7-23(24)26)33-36(22)29-18-28(34-9-11-37-12-10-34)31-30(32-29)27-20-38-13-14-40-27/h5-8,17-19,27H,9-16,20-21H2,1-4H3. The number of para-hydroxylation sites is 1. The third kappa shape index (κ3) is 6.39. The van der Waals surface area contributed by atoms with Gasteiger partial charge in [-0.1, -0.05) is 37.8 Å². The van der Waals surface area contributed by atoms with E-state index in [-0.39, 0.29) is 6.10 Å². The SMILES string of the molecule is Cc1cc(-c2cn(COCC[Si](C)(C)C)c3ccccc23)nn1-c1cc(N2CCOCC2)nc(C2COCCO2)n1. The Kier molecular flexibility index (Phi) is 8.23. The first-order valence-corrected chi connectivity index (χ1v) is 18.2. The fourth-order valence-electron chi connectivity index (χ4n) is 5.22. The molecule has 218 valence electrons. The van der Waals surface area contributed by atoms with Gasteiger partial charge in [0.2, 0.25) is 0 Å². The lowest BCUT2D eigenvalue weighted by atomic mass is 10.1. The molecule has 4 aromatic rings. The number of rotatable bonds is 9. The number of ether oxygens (including phenoxy) is 4. The fraction of sp³-hybridized carbons (Fsp3) is 0.500. The number of fused-ring (bicyclic) bond motifs is 1. The molecule has 1 atom stereocenters. The van der Waals surface area contributed by atoms with Crippen LogP contribution in [-0.2, 0) is 25.7 Å². The number of aryl methyl sites for hydroxylation is 1.